The van der Waals surface area contributed by atoms with E-state index < -0.39 is 0 Å². The van der Waals surface area contributed by atoms with Gasteiger partial charge in [-0.15, -0.1) is 0 Å². The van der Waals surface area contributed by atoms with E-state index in [1.54, 1.807) is 7.11 Å². The molecule has 1 aliphatic rings. The Kier molecular flexibility index (Phi) is 6.22. The normalized spacial score (nSPS) is 14.2. The van der Waals surface area contributed by atoms with Crippen LogP contribution in [0.3, 0.4) is 0 Å². The Balaban J connectivity index is 1.47. The van der Waals surface area contributed by atoms with Gasteiger partial charge in [-0.3, -0.25) is 0 Å². The summed E-state index contributed by atoms with van der Waals surface area (Å²) in [5.74, 6) is 0.869. The molecule has 0 radical (unpaired) electrons. The van der Waals surface area contributed by atoms with Crippen molar-refractivity contribution in [2.75, 3.05) is 44.7 Å². The number of methoxy groups -OCH3 is 1. The van der Waals surface area contributed by atoms with E-state index in [2.05, 4.69) is 42.3 Å². The van der Waals surface area contributed by atoms with Gasteiger partial charge in [0.05, 0.1) is 7.11 Å². The first-order valence-corrected chi connectivity index (χ1v) is 9.55. The molecule has 1 fully saturated rings. The highest BCUT2D eigenvalue weighted by Crippen LogP contribution is 2.20. The topological polar surface area (TPSA) is 44.8 Å². The van der Waals surface area contributed by atoms with Gasteiger partial charge in [0.1, 0.15) is 5.75 Å². The molecule has 0 unspecified atom stereocenters. The first-order valence-electron chi connectivity index (χ1n) is 9.55. The SMILES string of the molecule is COc1ccccc1CCNC(=O)N1CCN(c2cc(C)cc(C)c2)CC1. The van der Waals surface area contributed by atoms with Crippen molar-refractivity contribution in [3.05, 3.63) is 59.2 Å². The minimum atomic E-state index is 0.0185. The Bertz CT molecular complexity index is 763. The highest BCUT2D eigenvalue weighted by atomic mass is 16.5. The number of carbonyl (C=O) groups excluding carboxylic acids is 1. The molecular weight excluding hydrogens is 338 g/mol. The van der Waals surface area contributed by atoms with Crippen LogP contribution in [0.25, 0.3) is 0 Å². The quantitative estimate of drug-likeness (QED) is 0.881. The molecule has 5 heteroatoms. The van der Waals surface area contributed by atoms with Gasteiger partial charge in [-0.05, 0) is 55.2 Å². The Morgan fingerprint density at radius 1 is 1.04 bits per heavy atom. The number of anilines is 1. The molecule has 0 atom stereocenters. The summed E-state index contributed by atoms with van der Waals surface area (Å²) in [7, 11) is 1.67. The van der Waals surface area contributed by atoms with Gasteiger partial charge in [0.15, 0.2) is 0 Å². The number of ether oxygens (including phenoxy) is 1. The van der Waals surface area contributed by atoms with E-state index in [0.717, 1.165) is 43.9 Å². The summed E-state index contributed by atoms with van der Waals surface area (Å²) in [6.07, 6.45) is 0.762. The third-order valence-corrected chi connectivity index (χ3v) is 5.00. The number of nitrogens with zero attached hydrogens (tertiary/aromatic N) is 2. The second-order valence-corrected chi connectivity index (χ2v) is 7.11. The summed E-state index contributed by atoms with van der Waals surface area (Å²) in [5, 5.41) is 3.04. The fourth-order valence-electron chi connectivity index (χ4n) is 3.63. The maximum atomic E-state index is 12.5. The Hall–Kier alpha value is -2.69. The Morgan fingerprint density at radius 3 is 2.37 bits per heavy atom. The minimum absolute atomic E-state index is 0.0185. The molecular formula is C22H29N3O2. The highest BCUT2D eigenvalue weighted by molar-refractivity contribution is 5.74. The molecule has 3 rings (SSSR count). The lowest BCUT2D eigenvalue weighted by atomic mass is 10.1. The van der Waals surface area contributed by atoms with E-state index in [4.69, 9.17) is 4.74 Å². The number of nitrogens with one attached hydrogen (secondary N) is 1. The molecule has 2 aromatic rings. The number of urea groups is 1. The lowest BCUT2D eigenvalue weighted by molar-refractivity contribution is 0.194. The van der Waals surface area contributed by atoms with Crippen LogP contribution < -0.4 is 15.0 Å². The summed E-state index contributed by atoms with van der Waals surface area (Å²) >= 11 is 0. The summed E-state index contributed by atoms with van der Waals surface area (Å²) in [4.78, 5) is 16.7. The molecule has 0 saturated carbocycles. The van der Waals surface area contributed by atoms with Crippen LogP contribution in [0.15, 0.2) is 42.5 Å². The van der Waals surface area contributed by atoms with E-state index in [0.29, 0.717) is 6.54 Å². The number of piperazine rings is 1. The molecule has 0 spiro atoms. The van der Waals surface area contributed by atoms with E-state index in [1.165, 1.54) is 16.8 Å². The van der Waals surface area contributed by atoms with Gasteiger partial charge in [0.2, 0.25) is 0 Å². The van der Waals surface area contributed by atoms with Crippen molar-refractivity contribution in [3.8, 4) is 5.75 Å². The van der Waals surface area contributed by atoms with Crippen LogP contribution in [-0.4, -0.2) is 50.8 Å². The predicted octanol–water partition coefficient (Wildman–Crippen LogP) is 3.39. The molecule has 27 heavy (non-hydrogen) atoms. The van der Waals surface area contributed by atoms with E-state index in [-0.39, 0.29) is 6.03 Å². The minimum Gasteiger partial charge on any atom is -0.496 e. The molecule has 1 heterocycles. The molecule has 1 N–H and O–H groups in total. The number of rotatable bonds is 5. The number of hydrogen-bond donors (Lipinski definition) is 1. The summed E-state index contributed by atoms with van der Waals surface area (Å²) in [6, 6.07) is 14.6. The summed E-state index contributed by atoms with van der Waals surface area (Å²) < 4.78 is 5.36. The summed E-state index contributed by atoms with van der Waals surface area (Å²) in [5.41, 5.74) is 4.92. The van der Waals surface area contributed by atoms with Crippen molar-refractivity contribution < 1.29 is 9.53 Å². The molecule has 2 aromatic carbocycles. The van der Waals surface area contributed by atoms with Crippen molar-refractivity contribution in [2.45, 2.75) is 20.3 Å². The number of carbonyl (C=O) groups is 1. The fraction of sp³-hybridized carbons (Fsp3) is 0.409. The average Bonchev–Trinajstić information content (AvgIpc) is 2.67. The molecule has 0 aromatic heterocycles. The number of aryl methyl sites for hydroxylation is 2. The summed E-state index contributed by atoms with van der Waals surface area (Å²) in [6.45, 7) is 8.08. The zero-order valence-corrected chi connectivity index (χ0v) is 16.5. The van der Waals surface area contributed by atoms with Gasteiger partial charge in [-0.1, -0.05) is 24.3 Å². The lowest BCUT2D eigenvalue weighted by Gasteiger charge is -2.36. The molecule has 144 valence electrons. The molecule has 0 bridgehead atoms. The molecule has 2 amide bonds. The molecule has 0 aliphatic carbocycles. The van der Waals surface area contributed by atoms with Crippen LogP contribution in [0.1, 0.15) is 16.7 Å². The van der Waals surface area contributed by atoms with Crippen molar-refractivity contribution in [1.82, 2.24) is 10.2 Å². The van der Waals surface area contributed by atoms with Gasteiger partial charge >= 0.3 is 6.03 Å². The van der Waals surface area contributed by atoms with Crippen molar-refractivity contribution in [1.29, 1.82) is 0 Å². The van der Waals surface area contributed by atoms with Crippen molar-refractivity contribution in [2.24, 2.45) is 0 Å². The zero-order chi connectivity index (χ0) is 19.2. The van der Waals surface area contributed by atoms with Gasteiger partial charge < -0.3 is 19.9 Å². The van der Waals surface area contributed by atoms with Gasteiger partial charge in [-0.25, -0.2) is 4.79 Å². The number of para-hydroxylation sites is 1. The zero-order valence-electron chi connectivity index (χ0n) is 16.5. The molecule has 1 saturated heterocycles. The van der Waals surface area contributed by atoms with Crippen molar-refractivity contribution in [3.63, 3.8) is 0 Å². The van der Waals surface area contributed by atoms with Gasteiger partial charge in [0.25, 0.3) is 0 Å². The van der Waals surface area contributed by atoms with Crippen LogP contribution in [-0.2, 0) is 6.42 Å². The second kappa shape index (κ2) is 8.80. The number of hydrogen-bond acceptors (Lipinski definition) is 3. The van der Waals surface area contributed by atoms with E-state index in [1.807, 2.05) is 29.2 Å². The van der Waals surface area contributed by atoms with Crippen LogP contribution in [0.2, 0.25) is 0 Å². The average molecular weight is 367 g/mol. The maximum absolute atomic E-state index is 12.5. The first-order chi connectivity index (χ1) is 13.1. The molecule has 1 aliphatic heterocycles. The Morgan fingerprint density at radius 2 is 1.70 bits per heavy atom. The second-order valence-electron chi connectivity index (χ2n) is 7.11. The standard InChI is InChI=1S/C22H29N3O2/c1-17-14-18(2)16-20(15-17)24-10-12-25(13-11-24)22(26)23-9-8-19-6-4-5-7-21(19)27-3/h4-7,14-16H,8-13H2,1-3H3,(H,23,26). The fourth-order valence-corrected chi connectivity index (χ4v) is 3.63. The largest absolute Gasteiger partial charge is 0.496 e. The van der Waals surface area contributed by atoms with E-state index >= 15 is 0 Å². The predicted molar refractivity (Wildman–Crippen MR) is 110 cm³/mol. The third-order valence-electron chi connectivity index (χ3n) is 5.00. The van der Waals surface area contributed by atoms with E-state index in [9.17, 15) is 4.79 Å². The van der Waals surface area contributed by atoms with Crippen LogP contribution >= 0.6 is 0 Å². The number of amides is 2. The van der Waals surface area contributed by atoms with Crippen LogP contribution in [0.4, 0.5) is 10.5 Å². The third kappa shape index (κ3) is 4.94. The van der Waals surface area contributed by atoms with Gasteiger partial charge in [0, 0.05) is 38.4 Å². The Labute approximate surface area is 161 Å². The first kappa shape index (κ1) is 19.1. The number of benzene rings is 2. The molecule has 5 nitrogen and oxygen atoms in total. The van der Waals surface area contributed by atoms with Crippen LogP contribution in [0, 0.1) is 13.8 Å². The lowest BCUT2D eigenvalue weighted by Crippen LogP contribution is -2.52. The van der Waals surface area contributed by atoms with Crippen molar-refractivity contribution >= 4 is 11.7 Å². The highest BCUT2D eigenvalue weighted by Gasteiger charge is 2.21. The smallest absolute Gasteiger partial charge is 0.317 e. The maximum Gasteiger partial charge on any atom is 0.317 e. The van der Waals surface area contributed by atoms with Gasteiger partial charge in [-0.2, -0.15) is 0 Å². The monoisotopic (exact) mass is 367 g/mol. The van der Waals surface area contributed by atoms with Crippen LogP contribution in [0.5, 0.6) is 5.75 Å².